The second-order valence-corrected chi connectivity index (χ2v) is 7.50. The van der Waals surface area contributed by atoms with Crippen LogP contribution in [-0.2, 0) is 5.41 Å². The quantitative estimate of drug-likeness (QED) is 0.798. The molecular weight excluding hydrogens is 378 g/mol. The van der Waals surface area contributed by atoms with Crippen molar-refractivity contribution in [1.29, 1.82) is 5.26 Å². The molecule has 152 valence electrons. The van der Waals surface area contributed by atoms with Crippen molar-refractivity contribution in [2.45, 2.75) is 26.2 Å². The van der Waals surface area contributed by atoms with Crippen LogP contribution in [0.1, 0.15) is 47.3 Å². The molecule has 1 heterocycles. The van der Waals surface area contributed by atoms with Crippen molar-refractivity contribution in [2.75, 3.05) is 0 Å². The Kier molecular flexibility index (Phi) is 5.79. The zero-order valence-electron chi connectivity index (χ0n) is 17.1. The Hall–Kier alpha value is -3.79. The van der Waals surface area contributed by atoms with E-state index in [1.165, 1.54) is 12.4 Å². The average Bonchev–Trinajstić information content (AvgIpc) is 2.75. The second kappa shape index (κ2) is 8.29. The van der Waals surface area contributed by atoms with Gasteiger partial charge in [-0.25, -0.2) is 4.98 Å². The van der Waals surface area contributed by atoms with E-state index >= 15 is 0 Å². The molecule has 0 saturated heterocycles. The summed E-state index contributed by atoms with van der Waals surface area (Å²) in [5.41, 5.74) is 6.33. The predicted molar refractivity (Wildman–Crippen MR) is 112 cm³/mol. The molecule has 7 nitrogen and oxygen atoms in total. The molecule has 30 heavy (non-hydrogen) atoms. The minimum absolute atomic E-state index is 0.0581. The number of hydrogen-bond acceptors (Lipinski definition) is 5. The molecule has 2 unspecified atom stereocenters. The van der Waals surface area contributed by atoms with Gasteiger partial charge in [-0.2, -0.15) is 5.26 Å². The number of nitrogens with zero attached hydrogens (tertiary/aromatic N) is 3. The van der Waals surface area contributed by atoms with Crippen molar-refractivity contribution >= 4 is 11.8 Å². The van der Waals surface area contributed by atoms with Gasteiger partial charge in [-0.1, -0.05) is 51.1 Å². The standard InChI is InChI=1S/C23H23N5O2/c1-14(2)17-9-10-23(13-24,20-19(21(25)29)26-11-12-27-20)15(3)18(17)28-22(30)16-7-5-4-6-8-16/h4-12,14-15H,1-3H3,(H2,25,29)(H,28,30). The summed E-state index contributed by atoms with van der Waals surface area (Å²) < 4.78 is 0. The molecule has 0 fully saturated rings. The van der Waals surface area contributed by atoms with Gasteiger partial charge in [0.25, 0.3) is 11.8 Å². The fraction of sp³-hybridized carbons (Fsp3) is 0.261. The van der Waals surface area contributed by atoms with Crippen LogP contribution >= 0.6 is 0 Å². The van der Waals surface area contributed by atoms with Gasteiger partial charge in [0, 0.05) is 29.6 Å². The predicted octanol–water partition coefficient (Wildman–Crippen LogP) is 2.88. The van der Waals surface area contributed by atoms with Crippen LogP contribution in [0.4, 0.5) is 0 Å². The molecule has 2 amide bonds. The number of amides is 2. The average molecular weight is 401 g/mol. The first-order chi connectivity index (χ1) is 14.3. The number of nitriles is 1. The van der Waals surface area contributed by atoms with E-state index in [4.69, 9.17) is 5.73 Å². The van der Waals surface area contributed by atoms with Gasteiger partial charge in [0.15, 0.2) is 5.69 Å². The first-order valence-electron chi connectivity index (χ1n) is 9.64. The zero-order chi connectivity index (χ0) is 21.9. The molecule has 0 spiro atoms. The van der Waals surface area contributed by atoms with Crippen molar-refractivity contribution in [2.24, 2.45) is 17.6 Å². The van der Waals surface area contributed by atoms with Crippen LogP contribution in [0.2, 0.25) is 0 Å². The van der Waals surface area contributed by atoms with E-state index in [0.29, 0.717) is 11.3 Å². The molecule has 3 rings (SSSR count). The molecule has 1 aromatic heterocycles. The summed E-state index contributed by atoms with van der Waals surface area (Å²) in [6, 6.07) is 11.2. The van der Waals surface area contributed by atoms with Crippen LogP contribution in [0.15, 0.2) is 66.1 Å². The van der Waals surface area contributed by atoms with Crippen molar-refractivity contribution in [3.8, 4) is 6.07 Å². The summed E-state index contributed by atoms with van der Waals surface area (Å²) in [6.07, 6.45) is 6.32. The van der Waals surface area contributed by atoms with Crippen molar-refractivity contribution in [1.82, 2.24) is 15.3 Å². The summed E-state index contributed by atoms with van der Waals surface area (Å²) in [7, 11) is 0. The normalized spacial score (nSPS) is 20.7. The molecule has 1 aliphatic rings. The Balaban J connectivity index is 2.12. The fourth-order valence-electron chi connectivity index (χ4n) is 3.69. The van der Waals surface area contributed by atoms with Crippen LogP contribution < -0.4 is 11.1 Å². The van der Waals surface area contributed by atoms with Gasteiger partial charge in [-0.3, -0.25) is 14.6 Å². The first-order valence-corrected chi connectivity index (χ1v) is 9.64. The zero-order valence-corrected chi connectivity index (χ0v) is 17.1. The number of benzene rings is 1. The van der Waals surface area contributed by atoms with Gasteiger partial charge in [-0.15, -0.1) is 0 Å². The molecule has 2 atom stereocenters. The lowest BCUT2D eigenvalue weighted by atomic mass is 9.67. The number of allylic oxidation sites excluding steroid dienone is 4. The molecule has 0 aliphatic heterocycles. The van der Waals surface area contributed by atoms with Crippen molar-refractivity contribution < 1.29 is 9.59 Å². The summed E-state index contributed by atoms with van der Waals surface area (Å²) in [6.45, 7) is 5.85. The van der Waals surface area contributed by atoms with Gasteiger partial charge in [0.1, 0.15) is 5.41 Å². The highest BCUT2D eigenvalue weighted by atomic mass is 16.2. The maximum atomic E-state index is 12.9. The van der Waals surface area contributed by atoms with Crippen LogP contribution in [0.25, 0.3) is 0 Å². The topological polar surface area (TPSA) is 122 Å². The SMILES string of the molecule is CC(C)C1=C(NC(=O)c2ccccc2)C(C)C(C#N)(c2nccnc2C(N)=O)C=C1. The van der Waals surface area contributed by atoms with E-state index in [2.05, 4.69) is 21.4 Å². The van der Waals surface area contributed by atoms with Gasteiger partial charge in [-0.05, 0) is 23.6 Å². The Morgan fingerprint density at radius 3 is 2.47 bits per heavy atom. The van der Waals surface area contributed by atoms with Crippen molar-refractivity contribution in [3.05, 3.63) is 83.1 Å². The number of primary amides is 1. The van der Waals surface area contributed by atoms with Crippen LogP contribution in [0, 0.1) is 23.2 Å². The molecule has 7 heteroatoms. The number of hydrogen-bond donors (Lipinski definition) is 2. The van der Waals surface area contributed by atoms with Gasteiger partial charge < -0.3 is 11.1 Å². The second-order valence-electron chi connectivity index (χ2n) is 7.50. The Morgan fingerprint density at radius 1 is 1.20 bits per heavy atom. The lowest BCUT2D eigenvalue weighted by molar-refractivity contribution is 0.0955. The molecule has 0 saturated carbocycles. The third-order valence-electron chi connectivity index (χ3n) is 5.37. The number of carbonyl (C=O) groups is 2. The van der Waals surface area contributed by atoms with Crippen LogP contribution in [0.3, 0.4) is 0 Å². The summed E-state index contributed by atoms with van der Waals surface area (Å²) in [5.74, 6) is -1.44. The molecule has 0 radical (unpaired) electrons. The summed E-state index contributed by atoms with van der Waals surface area (Å²) >= 11 is 0. The maximum absolute atomic E-state index is 12.9. The van der Waals surface area contributed by atoms with E-state index in [1.807, 2.05) is 32.9 Å². The van der Waals surface area contributed by atoms with Crippen molar-refractivity contribution in [3.63, 3.8) is 0 Å². The van der Waals surface area contributed by atoms with Gasteiger partial charge >= 0.3 is 0 Å². The first kappa shape index (κ1) is 20.9. The molecule has 1 aliphatic carbocycles. The maximum Gasteiger partial charge on any atom is 0.269 e. The monoisotopic (exact) mass is 401 g/mol. The minimum atomic E-state index is -1.31. The lowest BCUT2D eigenvalue weighted by Gasteiger charge is -2.37. The number of rotatable bonds is 5. The highest BCUT2D eigenvalue weighted by Gasteiger charge is 2.45. The third-order valence-corrected chi connectivity index (χ3v) is 5.37. The van der Waals surface area contributed by atoms with Crippen LogP contribution in [-0.4, -0.2) is 21.8 Å². The summed E-state index contributed by atoms with van der Waals surface area (Å²) in [4.78, 5) is 33.2. The van der Waals surface area contributed by atoms with Gasteiger partial charge in [0.05, 0.1) is 11.8 Å². The molecule has 0 bridgehead atoms. The van der Waals surface area contributed by atoms with E-state index in [1.54, 1.807) is 30.3 Å². The van der Waals surface area contributed by atoms with E-state index in [9.17, 15) is 14.9 Å². The molecular formula is C23H23N5O2. The molecule has 2 aromatic rings. The Morgan fingerprint density at radius 2 is 1.87 bits per heavy atom. The highest BCUT2D eigenvalue weighted by molar-refractivity contribution is 5.95. The minimum Gasteiger partial charge on any atom is -0.364 e. The highest BCUT2D eigenvalue weighted by Crippen LogP contribution is 2.42. The smallest absolute Gasteiger partial charge is 0.269 e. The number of carbonyl (C=O) groups excluding carboxylic acids is 2. The summed E-state index contributed by atoms with van der Waals surface area (Å²) in [5, 5.41) is 13.2. The molecule has 1 aromatic carbocycles. The van der Waals surface area contributed by atoms with Crippen LogP contribution in [0.5, 0.6) is 0 Å². The van der Waals surface area contributed by atoms with Gasteiger partial charge in [0.2, 0.25) is 0 Å². The Bertz CT molecular complexity index is 1080. The number of nitrogens with one attached hydrogen (secondary N) is 1. The molecule has 3 N–H and O–H groups in total. The fourth-order valence-corrected chi connectivity index (χ4v) is 3.69. The number of aromatic nitrogens is 2. The lowest BCUT2D eigenvalue weighted by Crippen LogP contribution is -2.42. The largest absolute Gasteiger partial charge is 0.364 e. The van der Waals surface area contributed by atoms with E-state index in [-0.39, 0.29) is 23.2 Å². The Labute approximate surface area is 175 Å². The number of nitrogens with two attached hydrogens (primary N) is 1. The van der Waals surface area contributed by atoms with E-state index < -0.39 is 17.2 Å². The third kappa shape index (κ3) is 3.60. The van der Waals surface area contributed by atoms with E-state index in [0.717, 1.165) is 5.57 Å².